The van der Waals surface area contributed by atoms with Gasteiger partial charge in [-0.1, -0.05) is 45.1 Å². The predicted octanol–water partition coefficient (Wildman–Crippen LogP) is 4.44. The maximum absolute atomic E-state index is 6.67. The third kappa shape index (κ3) is 3.31. The van der Waals surface area contributed by atoms with Crippen LogP contribution in [0.2, 0.25) is 0 Å². The van der Waals surface area contributed by atoms with Gasteiger partial charge >= 0.3 is 0 Å². The van der Waals surface area contributed by atoms with Crippen LogP contribution in [0.25, 0.3) is 0 Å². The first kappa shape index (κ1) is 15.0. The number of aryl methyl sites for hydroxylation is 1. The van der Waals surface area contributed by atoms with Crippen LogP contribution >= 0.6 is 0 Å². The number of rotatable bonds is 5. The second-order valence-electron chi connectivity index (χ2n) is 7.19. The van der Waals surface area contributed by atoms with Gasteiger partial charge in [0.25, 0.3) is 0 Å². The largest absolute Gasteiger partial charge is 0.327 e. The van der Waals surface area contributed by atoms with Crippen LogP contribution in [0.1, 0.15) is 75.5 Å². The summed E-state index contributed by atoms with van der Waals surface area (Å²) in [6, 6.07) is 4.62. The molecule has 1 saturated carbocycles. The van der Waals surface area contributed by atoms with Crippen LogP contribution in [0.3, 0.4) is 0 Å². The summed E-state index contributed by atoms with van der Waals surface area (Å²) in [7, 11) is 0. The summed E-state index contributed by atoms with van der Waals surface area (Å²) in [6.45, 7) is 2.30. The van der Waals surface area contributed by atoms with Gasteiger partial charge in [0.2, 0.25) is 0 Å². The van der Waals surface area contributed by atoms with Crippen molar-refractivity contribution in [3.8, 4) is 0 Å². The Bertz CT molecular complexity index is 449. The minimum atomic E-state index is 0.327. The molecule has 1 heterocycles. The van der Waals surface area contributed by atoms with Crippen molar-refractivity contribution < 1.29 is 0 Å². The molecule has 2 atom stereocenters. The molecule has 2 aliphatic carbocycles. The molecule has 0 radical (unpaired) electrons. The van der Waals surface area contributed by atoms with Crippen molar-refractivity contribution in [2.75, 3.05) is 0 Å². The van der Waals surface area contributed by atoms with Crippen LogP contribution in [0.5, 0.6) is 0 Å². The van der Waals surface area contributed by atoms with E-state index in [2.05, 4.69) is 24.0 Å². The van der Waals surface area contributed by atoms with E-state index in [9.17, 15) is 0 Å². The Morgan fingerprint density at radius 1 is 1.24 bits per heavy atom. The van der Waals surface area contributed by atoms with Gasteiger partial charge < -0.3 is 5.73 Å². The van der Waals surface area contributed by atoms with Gasteiger partial charge in [-0.05, 0) is 49.1 Å². The number of aromatic nitrogens is 1. The molecular weight excluding hydrogens is 256 g/mol. The van der Waals surface area contributed by atoms with Crippen molar-refractivity contribution in [2.24, 2.45) is 17.6 Å². The maximum Gasteiger partial charge on any atom is 0.0482 e. The molecule has 2 aliphatic rings. The standard InChI is InChI=1S/C19H30N2/c1-2-3-5-14-7-9-15(10-8-14)18(20)17-12-11-16-6-4-13-21-19(16)17/h4,6,13-15,17-18H,2-3,5,7-12,20H2,1H3. The smallest absolute Gasteiger partial charge is 0.0482 e. The van der Waals surface area contributed by atoms with Crippen molar-refractivity contribution in [1.82, 2.24) is 4.98 Å². The fourth-order valence-corrected chi connectivity index (χ4v) is 4.50. The predicted molar refractivity (Wildman–Crippen MR) is 88.2 cm³/mol. The van der Waals surface area contributed by atoms with E-state index in [0.717, 1.165) is 11.8 Å². The number of hydrogen-bond donors (Lipinski definition) is 1. The highest BCUT2D eigenvalue weighted by atomic mass is 14.8. The fourth-order valence-electron chi connectivity index (χ4n) is 4.50. The summed E-state index contributed by atoms with van der Waals surface area (Å²) >= 11 is 0. The number of nitrogens with two attached hydrogens (primary N) is 1. The van der Waals surface area contributed by atoms with Gasteiger partial charge in [0.1, 0.15) is 0 Å². The maximum atomic E-state index is 6.67. The molecule has 2 N–H and O–H groups in total. The van der Waals surface area contributed by atoms with Crippen LogP contribution in [0.4, 0.5) is 0 Å². The van der Waals surface area contributed by atoms with Crippen molar-refractivity contribution in [2.45, 2.75) is 76.7 Å². The van der Waals surface area contributed by atoms with Crippen molar-refractivity contribution in [3.63, 3.8) is 0 Å². The Morgan fingerprint density at radius 2 is 2.05 bits per heavy atom. The van der Waals surface area contributed by atoms with Crippen molar-refractivity contribution in [1.29, 1.82) is 0 Å². The molecule has 116 valence electrons. The number of fused-ring (bicyclic) bond motifs is 1. The quantitative estimate of drug-likeness (QED) is 0.869. The average molecular weight is 286 g/mol. The van der Waals surface area contributed by atoms with Gasteiger partial charge in [0.05, 0.1) is 0 Å². The number of hydrogen-bond acceptors (Lipinski definition) is 2. The zero-order valence-corrected chi connectivity index (χ0v) is 13.4. The molecule has 0 spiro atoms. The van der Waals surface area contributed by atoms with Crippen LogP contribution in [0.15, 0.2) is 18.3 Å². The number of nitrogens with zero attached hydrogens (tertiary/aromatic N) is 1. The topological polar surface area (TPSA) is 38.9 Å². The Hall–Kier alpha value is -0.890. The molecular formula is C19H30N2. The van der Waals surface area contributed by atoms with E-state index in [1.165, 1.54) is 69.0 Å². The Kier molecular flexibility index (Phi) is 4.95. The summed E-state index contributed by atoms with van der Waals surface area (Å²) in [5.41, 5.74) is 9.42. The van der Waals surface area contributed by atoms with E-state index >= 15 is 0 Å². The lowest BCUT2D eigenvalue weighted by Crippen LogP contribution is -2.37. The third-order valence-corrected chi connectivity index (χ3v) is 5.87. The van der Waals surface area contributed by atoms with E-state index < -0.39 is 0 Å². The highest BCUT2D eigenvalue weighted by molar-refractivity contribution is 5.30. The Labute approximate surface area is 129 Å². The summed E-state index contributed by atoms with van der Waals surface area (Å²) in [5, 5.41) is 0. The van der Waals surface area contributed by atoms with Gasteiger partial charge in [-0.25, -0.2) is 0 Å². The van der Waals surface area contributed by atoms with E-state index in [-0.39, 0.29) is 0 Å². The fraction of sp³-hybridized carbons (Fsp3) is 0.737. The van der Waals surface area contributed by atoms with Crippen LogP contribution in [-0.2, 0) is 6.42 Å². The normalized spacial score (nSPS) is 30.1. The lowest BCUT2D eigenvalue weighted by Gasteiger charge is -2.34. The first-order valence-corrected chi connectivity index (χ1v) is 8.99. The lowest BCUT2D eigenvalue weighted by atomic mass is 9.73. The molecule has 3 rings (SSSR count). The molecule has 0 amide bonds. The second-order valence-corrected chi connectivity index (χ2v) is 7.19. The molecule has 2 heteroatoms. The van der Waals surface area contributed by atoms with Crippen LogP contribution in [0, 0.1) is 11.8 Å². The van der Waals surface area contributed by atoms with Gasteiger partial charge in [-0.2, -0.15) is 0 Å². The Morgan fingerprint density at radius 3 is 2.81 bits per heavy atom. The molecule has 0 aliphatic heterocycles. The number of unbranched alkanes of at least 4 members (excludes halogenated alkanes) is 1. The zero-order valence-electron chi connectivity index (χ0n) is 13.4. The molecule has 0 bridgehead atoms. The third-order valence-electron chi connectivity index (χ3n) is 5.87. The zero-order chi connectivity index (χ0) is 14.7. The first-order chi connectivity index (χ1) is 10.3. The molecule has 1 aromatic rings. The summed E-state index contributed by atoms with van der Waals surface area (Å²) in [4.78, 5) is 4.63. The minimum absolute atomic E-state index is 0.327. The molecule has 1 aromatic heterocycles. The molecule has 21 heavy (non-hydrogen) atoms. The monoisotopic (exact) mass is 286 g/mol. The van der Waals surface area contributed by atoms with E-state index in [1.54, 1.807) is 0 Å². The highest BCUT2D eigenvalue weighted by Gasteiger charge is 2.35. The minimum Gasteiger partial charge on any atom is -0.327 e. The Balaban J connectivity index is 1.57. The molecule has 0 saturated heterocycles. The molecule has 2 nitrogen and oxygen atoms in total. The summed E-state index contributed by atoms with van der Waals surface area (Å²) in [5.74, 6) is 2.21. The van der Waals surface area contributed by atoms with Gasteiger partial charge in [-0.15, -0.1) is 0 Å². The summed E-state index contributed by atoms with van der Waals surface area (Å²) in [6.07, 6.45) is 14.0. The molecule has 0 aromatic carbocycles. The number of pyridine rings is 1. The highest BCUT2D eigenvalue weighted by Crippen LogP contribution is 2.40. The van der Waals surface area contributed by atoms with Gasteiger partial charge in [-0.3, -0.25) is 4.98 Å². The van der Waals surface area contributed by atoms with E-state index in [1.807, 2.05) is 6.20 Å². The lowest BCUT2D eigenvalue weighted by molar-refractivity contribution is 0.216. The second kappa shape index (κ2) is 6.91. The SMILES string of the molecule is CCCCC1CCC(C(N)C2CCc3cccnc32)CC1. The van der Waals surface area contributed by atoms with Crippen molar-refractivity contribution >= 4 is 0 Å². The summed E-state index contributed by atoms with van der Waals surface area (Å²) < 4.78 is 0. The van der Waals surface area contributed by atoms with E-state index in [0.29, 0.717) is 12.0 Å². The van der Waals surface area contributed by atoms with Crippen LogP contribution < -0.4 is 5.73 Å². The average Bonchev–Trinajstić information content (AvgIpc) is 2.97. The van der Waals surface area contributed by atoms with Crippen LogP contribution in [-0.4, -0.2) is 11.0 Å². The molecule has 2 unspecified atom stereocenters. The first-order valence-electron chi connectivity index (χ1n) is 8.99. The molecule has 1 fully saturated rings. The van der Waals surface area contributed by atoms with Crippen molar-refractivity contribution in [3.05, 3.63) is 29.6 Å². The van der Waals surface area contributed by atoms with E-state index in [4.69, 9.17) is 5.73 Å². The van der Waals surface area contributed by atoms with Gasteiger partial charge in [0, 0.05) is 23.9 Å². The van der Waals surface area contributed by atoms with Gasteiger partial charge in [0.15, 0.2) is 0 Å².